The van der Waals surface area contributed by atoms with Gasteiger partial charge < -0.3 is 4.74 Å². The van der Waals surface area contributed by atoms with Gasteiger partial charge in [0, 0.05) is 16.8 Å². The summed E-state index contributed by atoms with van der Waals surface area (Å²) in [5, 5.41) is 0.609. The van der Waals surface area contributed by atoms with Crippen molar-refractivity contribution in [3.8, 4) is 5.75 Å². The summed E-state index contributed by atoms with van der Waals surface area (Å²) in [5.41, 5.74) is 3.39. The number of methoxy groups -OCH3 is 1. The summed E-state index contributed by atoms with van der Waals surface area (Å²) in [6.07, 6.45) is 1.50. The summed E-state index contributed by atoms with van der Waals surface area (Å²) in [4.78, 5) is 0.208. The van der Waals surface area contributed by atoms with Crippen LogP contribution in [-0.2, 0) is 10.0 Å². The lowest BCUT2D eigenvalue weighted by Crippen LogP contribution is -2.18. The van der Waals surface area contributed by atoms with E-state index in [2.05, 4.69) is 4.72 Å². The van der Waals surface area contributed by atoms with Crippen molar-refractivity contribution in [2.24, 2.45) is 0 Å². The molecular weight excluding hydrogens is 394 g/mol. The maximum Gasteiger partial charge on any atom is 0.261 e. The smallest absolute Gasteiger partial charge is 0.261 e. The van der Waals surface area contributed by atoms with Crippen molar-refractivity contribution in [1.29, 1.82) is 0 Å². The van der Waals surface area contributed by atoms with Crippen molar-refractivity contribution < 1.29 is 13.2 Å². The quantitative estimate of drug-likeness (QED) is 0.617. The Hall–Kier alpha value is -2.76. The van der Waals surface area contributed by atoms with E-state index in [1.807, 2.05) is 43.3 Å². The average molecular weight is 414 g/mol. The molecule has 144 valence electrons. The summed E-state index contributed by atoms with van der Waals surface area (Å²) in [6, 6.07) is 21.3. The van der Waals surface area contributed by atoms with Crippen LogP contribution < -0.4 is 9.46 Å². The molecule has 0 bridgehead atoms. The summed E-state index contributed by atoms with van der Waals surface area (Å²) in [7, 11) is -2.09. The van der Waals surface area contributed by atoms with E-state index in [4.69, 9.17) is 16.3 Å². The van der Waals surface area contributed by atoms with E-state index in [1.165, 1.54) is 6.20 Å². The molecule has 0 aliphatic rings. The molecule has 0 radical (unpaired) electrons. The van der Waals surface area contributed by atoms with Crippen LogP contribution in [0.3, 0.4) is 0 Å². The lowest BCUT2D eigenvalue weighted by molar-refractivity contribution is 0.415. The predicted octanol–water partition coefficient (Wildman–Crippen LogP) is 5.02. The van der Waals surface area contributed by atoms with Crippen LogP contribution in [-0.4, -0.2) is 15.5 Å². The molecule has 4 nitrogen and oxygen atoms in total. The van der Waals surface area contributed by atoms with Gasteiger partial charge in [-0.15, -0.1) is 0 Å². The van der Waals surface area contributed by atoms with Gasteiger partial charge in [-0.2, -0.15) is 0 Å². The number of halogens is 1. The van der Waals surface area contributed by atoms with Gasteiger partial charge in [0.2, 0.25) is 0 Å². The van der Waals surface area contributed by atoms with Crippen LogP contribution >= 0.6 is 11.6 Å². The van der Waals surface area contributed by atoms with Crippen LogP contribution in [0, 0.1) is 6.92 Å². The Kier molecular flexibility index (Phi) is 6.07. The van der Waals surface area contributed by atoms with Crippen molar-refractivity contribution in [3.63, 3.8) is 0 Å². The minimum absolute atomic E-state index is 0.208. The molecule has 3 aromatic rings. The van der Waals surface area contributed by atoms with Crippen molar-refractivity contribution in [3.05, 3.63) is 101 Å². The van der Waals surface area contributed by atoms with Gasteiger partial charge in [-0.1, -0.05) is 53.6 Å². The second-order valence-corrected chi connectivity index (χ2v) is 8.38. The summed E-state index contributed by atoms with van der Waals surface area (Å²) < 4.78 is 33.1. The van der Waals surface area contributed by atoms with E-state index in [9.17, 15) is 8.42 Å². The minimum atomic E-state index is -3.69. The maximum absolute atomic E-state index is 12.7. The normalized spacial score (nSPS) is 11.9. The minimum Gasteiger partial charge on any atom is -0.497 e. The third kappa shape index (κ3) is 4.74. The highest BCUT2D eigenvalue weighted by Gasteiger charge is 2.13. The van der Waals surface area contributed by atoms with Gasteiger partial charge in [0.05, 0.1) is 12.0 Å². The zero-order chi connectivity index (χ0) is 20.1. The molecule has 3 aromatic carbocycles. The summed E-state index contributed by atoms with van der Waals surface area (Å²) in [5.74, 6) is 0.722. The number of benzene rings is 3. The van der Waals surface area contributed by atoms with E-state index >= 15 is 0 Å². The number of aryl methyl sites for hydroxylation is 1. The van der Waals surface area contributed by atoms with Gasteiger partial charge in [0.25, 0.3) is 10.0 Å². The Morgan fingerprint density at radius 1 is 0.893 bits per heavy atom. The van der Waals surface area contributed by atoms with Gasteiger partial charge in [0.15, 0.2) is 0 Å². The highest BCUT2D eigenvalue weighted by atomic mass is 35.5. The first kappa shape index (κ1) is 20.0. The van der Waals surface area contributed by atoms with Gasteiger partial charge in [-0.25, -0.2) is 8.42 Å². The number of nitrogens with one attached hydrogen (secondary N) is 1. The zero-order valence-electron chi connectivity index (χ0n) is 15.5. The molecule has 0 fully saturated rings. The number of ether oxygens (including phenoxy) is 1. The van der Waals surface area contributed by atoms with Crippen LogP contribution in [0.1, 0.15) is 16.7 Å². The molecule has 0 heterocycles. The van der Waals surface area contributed by atoms with Crippen LogP contribution in [0.4, 0.5) is 0 Å². The van der Waals surface area contributed by atoms with E-state index in [0.29, 0.717) is 5.02 Å². The Morgan fingerprint density at radius 2 is 1.43 bits per heavy atom. The Bertz CT molecular complexity index is 1070. The van der Waals surface area contributed by atoms with Crippen LogP contribution in [0.15, 0.2) is 83.9 Å². The van der Waals surface area contributed by atoms with E-state index in [1.54, 1.807) is 43.5 Å². The van der Waals surface area contributed by atoms with E-state index < -0.39 is 10.0 Å². The maximum atomic E-state index is 12.7. The number of sulfonamides is 1. The molecule has 0 saturated heterocycles. The number of hydrogen-bond acceptors (Lipinski definition) is 3. The first-order valence-corrected chi connectivity index (χ1v) is 10.4. The van der Waals surface area contributed by atoms with Gasteiger partial charge in [-0.05, 0) is 54.4 Å². The Balaban J connectivity index is 2.00. The van der Waals surface area contributed by atoms with Crippen molar-refractivity contribution >= 4 is 27.2 Å². The van der Waals surface area contributed by atoms with Crippen LogP contribution in [0.25, 0.3) is 5.57 Å². The van der Waals surface area contributed by atoms with Crippen LogP contribution in [0.5, 0.6) is 5.75 Å². The fraction of sp³-hybridized carbons (Fsp3) is 0.0909. The monoisotopic (exact) mass is 413 g/mol. The molecule has 0 spiro atoms. The topological polar surface area (TPSA) is 55.4 Å². The molecule has 28 heavy (non-hydrogen) atoms. The predicted molar refractivity (Wildman–Crippen MR) is 113 cm³/mol. The molecule has 0 saturated carbocycles. The largest absolute Gasteiger partial charge is 0.497 e. The third-order valence-corrected chi connectivity index (χ3v) is 5.82. The van der Waals surface area contributed by atoms with Gasteiger partial charge >= 0.3 is 0 Å². The SMILES string of the molecule is COc1ccc(/C(=C/NS(=O)(=O)c2ccc(C)cc2)c2ccc(Cl)cc2)cc1. The van der Waals surface area contributed by atoms with Crippen molar-refractivity contribution in [2.45, 2.75) is 11.8 Å². The fourth-order valence-electron chi connectivity index (χ4n) is 2.66. The average Bonchev–Trinajstić information content (AvgIpc) is 2.70. The van der Waals surface area contributed by atoms with Gasteiger partial charge in [-0.3, -0.25) is 4.72 Å². The molecule has 0 amide bonds. The number of hydrogen-bond donors (Lipinski definition) is 1. The van der Waals surface area contributed by atoms with Crippen molar-refractivity contribution in [1.82, 2.24) is 4.72 Å². The first-order valence-electron chi connectivity index (χ1n) is 8.58. The third-order valence-electron chi connectivity index (χ3n) is 4.25. The highest BCUT2D eigenvalue weighted by molar-refractivity contribution is 7.89. The summed E-state index contributed by atoms with van der Waals surface area (Å²) in [6.45, 7) is 1.91. The fourth-order valence-corrected chi connectivity index (χ4v) is 3.68. The number of rotatable bonds is 6. The molecule has 1 N–H and O–H groups in total. The van der Waals surface area contributed by atoms with E-state index in [-0.39, 0.29) is 4.90 Å². The summed E-state index contributed by atoms with van der Waals surface area (Å²) >= 11 is 6.00. The molecule has 0 unspecified atom stereocenters. The second-order valence-electron chi connectivity index (χ2n) is 6.23. The van der Waals surface area contributed by atoms with Crippen molar-refractivity contribution in [2.75, 3.05) is 7.11 Å². The van der Waals surface area contributed by atoms with Gasteiger partial charge in [0.1, 0.15) is 5.75 Å². The first-order chi connectivity index (χ1) is 13.4. The molecule has 0 aromatic heterocycles. The zero-order valence-corrected chi connectivity index (χ0v) is 17.1. The van der Waals surface area contributed by atoms with Crippen LogP contribution in [0.2, 0.25) is 5.02 Å². The lowest BCUT2D eigenvalue weighted by Gasteiger charge is -2.11. The molecule has 6 heteroatoms. The molecule has 0 aliphatic carbocycles. The lowest BCUT2D eigenvalue weighted by atomic mass is 9.99. The van der Waals surface area contributed by atoms with E-state index in [0.717, 1.165) is 28.0 Å². The molecule has 0 aliphatic heterocycles. The molecule has 3 rings (SSSR count). The standard InChI is InChI=1S/C22H20ClNO3S/c1-16-3-13-21(14-4-16)28(25,26)24-15-22(17-5-9-19(23)10-6-17)18-7-11-20(27-2)12-8-18/h3-15,24H,1-2H3/b22-15+. The Labute approximate surface area is 170 Å². The second kappa shape index (κ2) is 8.50. The highest BCUT2D eigenvalue weighted by Crippen LogP contribution is 2.26. The Morgan fingerprint density at radius 3 is 1.96 bits per heavy atom. The molecular formula is C22H20ClNO3S. The molecule has 0 atom stereocenters.